The molecule has 146 valence electrons. The molecule has 3 rings (SSSR count). The minimum atomic E-state index is -0.405. The van der Waals surface area contributed by atoms with Crippen molar-refractivity contribution in [2.24, 2.45) is 0 Å². The van der Waals surface area contributed by atoms with E-state index in [0.717, 1.165) is 5.56 Å². The van der Waals surface area contributed by atoms with E-state index in [4.69, 9.17) is 14.2 Å². The fourth-order valence-corrected chi connectivity index (χ4v) is 4.35. The Labute approximate surface area is 161 Å². The number of benzene rings is 1. The van der Waals surface area contributed by atoms with Crippen LogP contribution in [0.2, 0.25) is 0 Å². The van der Waals surface area contributed by atoms with Crippen LogP contribution < -0.4 is 25.1 Å². The highest BCUT2D eigenvalue weighted by Gasteiger charge is 2.34. The van der Waals surface area contributed by atoms with Gasteiger partial charge in [0.2, 0.25) is 11.7 Å². The molecule has 1 aliphatic heterocycles. The molecule has 0 spiro atoms. The molecule has 1 unspecified atom stereocenters. The predicted octanol–water partition coefficient (Wildman–Crippen LogP) is 2.56. The maximum Gasteiger partial charge on any atom is 0.270 e. The summed E-state index contributed by atoms with van der Waals surface area (Å²) in [5.74, 6) is 2.01. The van der Waals surface area contributed by atoms with Crippen LogP contribution in [0.3, 0.4) is 0 Å². The van der Waals surface area contributed by atoms with Crippen LogP contribution in [0, 0.1) is 0 Å². The van der Waals surface area contributed by atoms with Gasteiger partial charge in [0.1, 0.15) is 5.82 Å². The second-order valence-electron chi connectivity index (χ2n) is 6.33. The highest BCUT2D eigenvalue weighted by molar-refractivity contribution is 8.00. The van der Waals surface area contributed by atoms with E-state index in [-0.39, 0.29) is 23.3 Å². The Bertz CT molecular complexity index is 918. The monoisotopic (exact) mass is 393 g/mol. The van der Waals surface area contributed by atoms with Gasteiger partial charge in [-0.1, -0.05) is 0 Å². The SMILES string of the molecule is COc1ccc(C2SCC(=O)Nc3c2c(=O)[nH]n3C(C)C)c(OC)c1OC. The molecule has 0 aliphatic carbocycles. The lowest BCUT2D eigenvalue weighted by molar-refractivity contribution is -0.113. The second kappa shape index (κ2) is 7.59. The first kappa shape index (κ1) is 19.2. The van der Waals surface area contributed by atoms with Crippen molar-refractivity contribution in [3.05, 3.63) is 33.6 Å². The number of hydrogen-bond acceptors (Lipinski definition) is 6. The van der Waals surface area contributed by atoms with Crippen LogP contribution in [0.15, 0.2) is 16.9 Å². The Morgan fingerprint density at radius 2 is 1.81 bits per heavy atom. The Morgan fingerprint density at radius 1 is 1.11 bits per heavy atom. The zero-order valence-corrected chi connectivity index (χ0v) is 16.7. The van der Waals surface area contributed by atoms with Gasteiger partial charge in [-0.25, -0.2) is 0 Å². The van der Waals surface area contributed by atoms with Gasteiger partial charge < -0.3 is 19.5 Å². The van der Waals surface area contributed by atoms with Gasteiger partial charge in [-0.15, -0.1) is 11.8 Å². The lowest BCUT2D eigenvalue weighted by Crippen LogP contribution is -2.17. The number of rotatable bonds is 5. The van der Waals surface area contributed by atoms with Crippen LogP contribution in [0.25, 0.3) is 0 Å². The molecule has 0 fully saturated rings. The number of ether oxygens (including phenoxy) is 3. The molecule has 1 amide bonds. The Balaban J connectivity index is 2.25. The van der Waals surface area contributed by atoms with Crippen LogP contribution in [0.1, 0.15) is 36.3 Å². The van der Waals surface area contributed by atoms with E-state index in [0.29, 0.717) is 28.6 Å². The normalized spacial score (nSPS) is 16.5. The summed E-state index contributed by atoms with van der Waals surface area (Å²) in [7, 11) is 4.62. The summed E-state index contributed by atoms with van der Waals surface area (Å²) in [6.45, 7) is 3.87. The minimum absolute atomic E-state index is 0.0159. The number of aromatic amines is 1. The Morgan fingerprint density at radius 3 is 2.41 bits per heavy atom. The summed E-state index contributed by atoms with van der Waals surface area (Å²) in [4.78, 5) is 25.0. The van der Waals surface area contributed by atoms with Crippen molar-refractivity contribution in [3.8, 4) is 17.2 Å². The van der Waals surface area contributed by atoms with E-state index < -0.39 is 5.25 Å². The van der Waals surface area contributed by atoms with Crippen molar-refractivity contribution in [2.75, 3.05) is 32.4 Å². The summed E-state index contributed by atoms with van der Waals surface area (Å²) < 4.78 is 18.1. The number of aromatic nitrogens is 2. The highest BCUT2D eigenvalue weighted by atomic mass is 32.2. The van der Waals surface area contributed by atoms with Gasteiger partial charge in [-0.2, -0.15) is 0 Å². The molecule has 0 saturated carbocycles. The van der Waals surface area contributed by atoms with Crippen molar-refractivity contribution in [1.82, 2.24) is 9.78 Å². The van der Waals surface area contributed by atoms with Crippen LogP contribution in [0.4, 0.5) is 5.82 Å². The molecule has 1 aromatic carbocycles. The molecule has 1 atom stereocenters. The number of H-pyrrole nitrogens is 1. The van der Waals surface area contributed by atoms with Crippen LogP contribution in [-0.2, 0) is 4.79 Å². The average molecular weight is 393 g/mol. The highest BCUT2D eigenvalue weighted by Crippen LogP contribution is 2.49. The van der Waals surface area contributed by atoms with Crippen molar-refractivity contribution in [1.29, 1.82) is 0 Å². The number of anilines is 1. The standard InChI is InChI=1S/C18H23N3O5S/c1-9(2)21-17-13(18(23)20-21)16(27-8-12(22)19-17)10-6-7-11(24-3)15(26-5)14(10)25-4/h6-7,9,16H,8H2,1-5H3,(H,19,22)(H,20,23). The van der Waals surface area contributed by atoms with Gasteiger partial charge in [0.05, 0.1) is 37.9 Å². The van der Waals surface area contributed by atoms with Crippen molar-refractivity contribution >= 4 is 23.5 Å². The molecule has 9 heteroatoms. The maximum atomic E-state index is 12.8. The number of carbonyl (C=O) groups is 1. The third-order valence-electron chi connectivity index (χ3n) is 4.40. The molecular weight excluding hydrogens is 370 g/mol. The number of methoxy groups -OCH3 is 3. The van der Waals surface area contributed by atoms with E-state index in [9.17, 15) is 9.59 Å². The third kappa shape index (κ3) is 3.27. The lowest BCUT2D eigenvalue weighted by atomic mass is 10.0. The van der Waals surface area contributed by atoms with Gasteiger partial charge in [-0.3, -0.25) is 19.4 Å². The van der Waals surface area contributed by atoms with Gasteiger partial charge in [0.15, 0.2) is 11.5 Å². The van der Waals surface area contributed by atoms with Gasteiger partial charge in [-0.05, 0) is 26.0 Å². The first-order chi connectivity index (χ1) is 12.9. The molecule has 0 saturated heterocycles. The molecular formula is C18H23N3O5S. The van der Waals surface area contributed by atoms with Crippen LogP contribution in [0.5, 0.6) is 17.2 Å². The van der Waals surface area contributed by atoms with Gasteiger partial charge >= 0.3 is 0 Å². The molecule has 0 bridgehead atoms. The maximum absolute atomic E-state index is 12.8. The fourth-order valence-electron chi connectivity index (χ4n) is 3.21. The van der Waals surface area contributed by atoms with Crippen molar-refractivity contribution in [3.63, 3.8) is 0 Å². The van der Waals surface area contributed by atoms with Gasteiger partial charge in [0.25, 0.3) is 5.56 Å². The molecule has 0 radical (unpaired) electrons. The quantitative estimate of drug-likeness (QED) is 0.811. The van der Waals surface area contributed by atoms with Crippen LogP contribution >= 0.6 is 11.8 Å². The number of fused-ring (bicyclic) bond motifs is 1. The topological polar surface area (TPSA) is 94.6 Å². The van der Waals surface area contributed by atoms with Crippen molar-refractivity contribution < 1.29 is 19.0 Å². The van der Waals surface area contributed by atoms with E-state index in [1.54, 1.807) is 17.9 Å². The molecule has 1 aliphatic rings. The number of thioether (sulfide) groups is 1. The van der Waals surface area contributed by atoms with E-state index in [1.807, 2.05) is 19.9 Å². The van der Waals surface area contributed by atoms with E-state index in [1.165, 1.54) is 26.0 Å². The molecule has 27 heavy (non-hydrogen) atoms. The summed E-state index contributed by atoms with van der Waals surface area (Å²) in [5, 5.41) is 5.28. The lowest BCUT2D eigenvalue weighted by Gasteiger charge is -2.20. The van der Waals surface area contributed by atoms with E-state index in [2.05, 4.69) is 10.4 Å². The summed E-state index contributed by atoms with van der Waals surface area (Å²) in [6.07, 6.45) is 0. The number of hydrogen-bond donors (Lipinski definition) is 2. The smallest absolute Gasteiger partial charge is 0.270 e. The minimum Gasteiger partial charge on any atom is -0.493 e. The number of carbonyl (C=O) groups excluding carboxylic acids is 1. The first-order valence-electron chi connectivity index (χ1n) is 8.47. The summed E-state index contributed by atoms with van der Waals surface area (Å²) in [6, 6.07) is 3.59. The summed E-state index contributed by atoms with van der Waals surface area (Å²) >= 11 is 1.37. The molecule has 8 nitrogen and oxygen atoms in total. The Kier molecular flexibility index (Phi) is 5.41. The van der Waals surface area contributed by atoms with Crippen molar-refractivity contribution in [2.45, 2.75) is 25.1 Å². The fraction of sp³-hybridized carbons (Fsp3) is 0.444. The number of nitrogens with one attached hydrogen (secondary N) is 2. The molecule has 2 heterocycles. The zero-order valence-electron chi connectivity index (χ0n) is 15.9. The third-order valence-corrected chi connectivity index (χ3v) is 5.65. The first-order valence-corrected chi connectivity index (χ1v) is 9.52. The molecule has 2 N–H and O–H groups in total. The second-order valence-corrected chi connectivity index (χ2v) is 7.42. The molecule has 1 aromatic heterocycles. The predicted molar refractivity (Wildman–Crippen MR) is 104 cm³/mol. The summed E-state index contributed by atoms with van der Waals surface area (Å²) in [5.41, 5.74) is 0.991. The zero-order chi connectivity index (χ0) is 19.7. The van der Waals surface area contributed by atoms with E-state index >= 15 is 0 Å². The molecule has 2 aromatic rings. The van der Waals surface area contributed by atoms with Crippen LogP contribution in [-0.4, -0.2) is 42.8 Å². The number of nitrogens with zero attached hydrogens (tertiary/aromatic N) is 1. The Hall–Kier alpha value is -2.55. The largest absolute Gasteiger partial charge is 0.493 e. The number of amides is 1. The average Bonchev–Trinajstić information content (AvgIpc) is 2.86. The van der Waals surface area contributed by atoms with Gasteiger partial charge in [0, 0.05) is 11.6 Å².